The molecule has 0 aromatic rings. The number of rotatable bonds is 1. The van der Waals surface area contributed by atoms with Crippen LogP contribution >= 0.6 is 0 Å². The van der Waals surface area contributed by atoms with Crippen LogP contribution in [-0.2, 0) is 4.79 Å². The Labute approximate surface area is 110 Å². The number of nitrogens with one attached hydrogen (secondary N) is 1. The van der Waals surface area contributed by atoms with Gasteiger partial charge in [0.15, 0.2) is 0 Å². The Hall–Kier alpha value is -0.610. The molecule has 2 unspecified atom stereocenters. The van der Waals surface area contributed by atoms with Gasteiger partial charge in [-0.25, -0.2) is 0 Å². The van der Waals surface area contributed by atoms with Crippen molar-refractivity contribution < 1.29 is 9.90 Å². The predicted octanol–water partition coefficient (Wildman–Crippen LogP) is 0.994. The average Bonchev–Trinajstić information content (AvgIpc) is 2.74. The SMILES string of the molecule is CC(C)(C)C1CCN(C(=O)C2CC(O)CN2)CC1. The van der Waals surface area contributed by atoms with E-state index in [0.29, 0.717) is 24.3 Å². The zero-order valence-electron chi connectivity index (χ0n) is 11.8. The van der Waals surface area contributed by atoms with Crippen molar-refractivity contribution in [1.82, 2.24) is 10.2 Å². The van der Waals surface area contributed by atoms with Gasteiger partial charge in [-0.05, 0) is 30.6 Å². The minimum atomic E-state index is -0.355. The van der Waals surface area contributed by atoms with Gasteiger partial charge in [0, 0.05) is 19.6 Å². The summed E-state index contributed by atoms with van der Waals surface area (Å²) in [5, 5.41) is 12.6. The molecule has 0 aliphatic carbocycles. The monoisotopic (exact) mass is 254 g/mol. The summed E-state index contributed by atoms with van der Waals surface area (Å²) < 4.78 is 0. The normalized spacial score (nSPS) is 30.8. The zero-order chi connectivity index (χ0) is 13.3. The van der Waals surface area contributed by atoms with Crippen LogP contribution in [0.5, 0.6) is 0 Å². The van der Waals surface area contributed by atoms with Gasteiger partial charge in [-0.1, -0.05) is 20.8 Å². The minimum Gasteiger partial charge on any atom is -0.392 e. The van der Waals surface area contributed by atoms with Gasteiger partial charge in [-0.3, -0.25) is 4.79 Å². The molecule has 2 aliphatic heterocycles. The second-order valence-electron chi connectivity index (χ2n) is 6.82. The standard InChI is InChI=1S/C14H26N2O2/c1-14(2,3)10-4-6-16(7-5-10)13(18)12-8-11(17)9-15-12/h10-12,15,17H,4-9H2,1-3H3. The number of β-amino-alcohol motifs (C(OH)–C–C–N with tert-alkyl or cyclic N) is 1. The lowest BCUT2D eigenvalue weighted by atomic mass is 9.75. The smallest absolute Gasteiger partial charge is 0.239 e. The number of piperidine rings is 1. The number of nitrogens with zero attached hydrogens (tertiary/aromatic N) is 1. The van der Waals surface area contributed by atoms with Gasteiger partial charge in [0.25, 0.3) is 0 Å². The topological polar surface area (TPSA) is 52.6 Å². The van der Waals surface area contributed by atoms with E-state index >= 15 is 0 Å². The van der Waals surface area contributed by atoms with Crippen molar-refractivity contribution in [2.45, 2.75) is 52.2 Å². The van der Waals surface area contributed by atoms with Gasteiger partial charge in [-0.15, -0.1) is 0 Å². The number of hydrogen-bond donors (Lipinski definition) is 2. The molecule has 2 aliphatic rings. The van der Waals surface area contributed by atoms with Gasteiger partial charge < -0.3 is 15.3 Å². The van der Waals surface area contributed by atoms with E-state index in [2.05, 4.69) is 26.1 Å². The molecule has 2 fully saturated rings. The van der Waals surface area contributed by atoms with E-state index in [1.54, 1.807) is 0 Å². The molecule has 0 aromatic carbocycles. The Morgan fingerprint density at radius 3 is 2.33 bits per heavy atom. The summed E-state index contributed by atoms with van der Waals surface area (Å²) in [5.41, 5.74) is 0.344. The maximum atomic E-state index is 12.3. The Kier molecular flexibility index (Phi) is 3.97. The number of aliphatic hydroxyl groups excluding tert-OH is 1. The molecule has 2 atom stereocenters. The van der Waals surface area contributed by atoms with Crippen LogP contribution in [0.3, 0.4) is 0 Å². The van der Waals surface area contributed by atoms with Gasteiger partial charge in [-0.2, -0.15) is 0 Å². The molecular formula is C14H26N2O2. The highest BCUT2D eigenvalue weighted by Gasteiger charge is 2.35. The lowest BCUT2D eigenvalue weighted by Gasteiger charge is -2.39. The van der Waals surface area contributed by atoms with Crippen LogP contribution in [0.4, 0.5) is 0 Å². The molecule has 4 nitrogen and oxygen atoms in total. The maximum Gasteiger partial charge on any atom is 0.239 e. The number of carbonyl (C=O) groups excluding carboxylic acids is 1. The van der Waals surface area contributed by atoms with Crippen molar-refractivity contribution in [1.29, 1.82) is 0 Å². The Balaban J connectivity index is 1.84. The Morgan fingerprint density at radius 2 is 1.89 bits per heavy atom. The number of carbonyl (C=O) groups is 1. The molecule has 104 valence electrons. The average molecular weight is 254 g/mol. The van der Waals surface area contributed by atoms with Crippen LogP contribution < -0.4 is 5.32 Å². The van der Waals surface area contributed by atoms with Crippen molar-refractivity contribution in [2.75, 3.05) is 19.6 Å². The van der Waals surface area contributed by atoms with Gasteiger partial charge >= 0.3 is 0 Å². The first-order valence-corrected chi connectivity index (χ1v) is 7.08. The molecule has 2 rings (SSSR count). The highest BCUT2D eigenvalue weighted by Crippen LogP contribution is 2.34. The summed E-state index contributed by atoms with van der Waals surface area (Å²) in [7, 11) is 0. The Bertz CT molecular complexity index is 303. The van der Waals surface area contributed by atoms with Crippen LogP contribution in [-0.4, -0.2) is 47.7 Å². The summed E-state index contributed by atoms with van der Waals surface area (Å²) in [6.45, 7) is 9.14. The third-order valence-corrected chi connectivity index (χ3v) is 4.44. The number of hydrogen-bond acceptors (Lipinski definition) is 3. The van der Waals surface area contributed by atoms with Crippen LogP contribution in [0.2, 0.25) is 0 Å². The molecule has 0 aromatic heterocycles. The number of amides is 1. The summed E-state index contributed by atoms with van der Waals surface area (Å²) in [6, 6.07) is -0.161. The molecule has 2 N–H and O–H groups in total. The molecule has 2 heterocycles. The van der Waals surface area contributed by atoms with Crippen molar-refractivity contribution in [3.63, 3.8) is 0 Å². The lowest BCUT2D eigenvalue weighted by Crippen LogP contribution is -2.48. The van der Waals surface area contributed by atoms with Crippen LogP contribution in [0.1, 0.15) is 40.0 Å². The second kappa shape index (κ2) is 5.17. The van der Waals surface area contributed by atoms with E-state index in [4.69, 9.17) is 0 Å². The van der Waals surface area contributed by atoms with Crippen LogP contribution in [0, 0.1) is 11.3 Å². The van der Waals surface area contributed by atoms with E-state index in [-0.39, 0.29) is 18.1 Å². The molecule has 1 amide bonds. The molecule has 0 radical (unpaired) electrons. The maximum absolute atomic E-state index is 12.3. The number of likely N-dealkylation sites (tertiary alicyclic amines) is 1. The van der Waals surface area contributed by atoms with Gasteiger partial charge in [0.1, 0.15) is 0 Å². The quantitative estimate of drug-likeness (QED) is 0.734. The molecule has 2 saturated heterocycles. The molecule has 0 bridgehead atoms. The fourth-order valence-corrected chi connectivity index (χ4v) is 3.09. The van der Waals surface area contributed by atoms with Crippen molar-refractivity contribution in [3.8, 4) is 0 Å². The first-order valence-electron chi connectivity index (χ1n) is 7.08. The molecule has 0 saturated carbocycles. The van der Waals surface area contributed by atoms with Crippen LogP contribution in [0.25, 0.3) is 0 Å². The van der Waals surface area contributed by atoms with Crippen molar-refractivity contribution >= 4 is 5.91 Å². The van der Waals surface area contributed by atoms with E-state index in [1.807, 2.05) is 4.90 Å². The second-order valence-corrected chi connectivity index (χ2v) is 6.82. The van der Waals surface area contributed by atoms with Crippen LogP contribution in [0.15, 0.2) is 0 Å². The Morgan fingerprint density at radius 1 is 1.28 bits per heavy atom. The van der Waals surface area contributed by atoms with Gasteiger partial charge in [0.05, 0.1) is 12.1 Å². The molecule has 18 heavy (non-hydrogen) atoms. The third kappa shape index (κ3) is 3.04. The van der Waals surface area contributed by atoms with Gasteiger partial charge in [0.2, 0.25) is 5.91 Å². The predicted molar refractivity (Wildman–Crippen MR) is 71.2 cm³/mol. The fourth-order valence-electron chi connectivity index (χ4n) is 3.09. The van der Waals surface area contributed by atoms with Crippen molar-refractivity contribution in [2.24, 2.45) is 11.3 Å². The molecule has 0 spiro atoms. The first-order chi connectivity index (χ1) is 8.38. The molecule has 4 heteroatoms. The number of aliphatic hydroxyl groups is 1. The first kappa shape index (κ1) is 13.8. The third-order valence-electron chi connectivity index (χ3n) is 4.44. The summed E-state index contributed by atoms with van der Waals surface area (Å²) in [6.07, 6.45) is 2.42. The highest BCUT2D eigenvalue weighted by molar-refractivity contribution is 5.82. The minimum absolute atomic E-state index is 0.161. The van der Waals surface area contributed by atoms with E-state index in [9.17, 15) is 9.90 Å². The lowest BCUT2D eigenvalue weighted by molar-refractivity contribution is -0.135. The van der Waals surface area contributed by atoms with E-state index < -0.39 is 0 Å². The molecular weight excluding hydrogens is 228 g/mol. The van der Waals surface area contributed by atoms with E-state index in [0.717, 1.165) is 25.9 Å². The summed E-state index contributed by atoms with van der Waals surface area (Å²) in [4.78, 5) is 14.2. The highest BCUT2D eigenvalue weighted by atomic mass is 16.3. The van der Waals surface area contributed by atoms with Crippen molar-refractivity contribution in [3.05, 3.63) is 0 Å². The largest absolute Gasteiger partial charge is 0.392 e. The fraction of sp³-hybridized carbons (Fsp3) is 0.929. The summed E-state index contributed by atoms with van der Waals surface area (Å²) >= 11 is 0. The summed E-state index contributed by atoms with van der Waals surface area (Å²) in [5.74, 6) is 0.891. The zero-order valence-corrected chi connectivity index (χ0v) is 11.8. The van der Waals surface area contributed by atoms with E-state index in [1.165, 1.54) is 0 Å².